The maximum absolute atomic E-state index is 6.64. The predicted octanol–water partition coefficient (Wildman–Crippen LogP) is 15.3. The lowest BCUT2D eigenvalue weighted by atomic mass is 10.0. The Bertz CT molecular complexity index is 3460. The maximum Gasteiger partial charge on any atom is 0.143 e. The molecule has 0 N–H and O–H groups in total. The molecule has 0 unspecified atom stereocenters. The lowest BCUT2D eigenvalue weighted by molar-refractivity contribution is 0.669. The molecule has 0 aliphatic heterocycles. The van der Waals surface area contributed by atoms with Crippen molar-refractivity contribution in [1.82, 2.24) is 0 Å². The highest BCUT2D eigenvalue weighted by molar-refractivity contribution is 7.26. The fourth-order valence-electron chi connectivity index (χ4n) is 8.57. The Kier molecular flexibility index (Phi) is 6.21. The van der Waals surface area contributed by atoms with Crippen molar-refractivity contribution < 1.29 is 8.83 Å². The Balaban J connectivity index is 1.11. The summed E-state index contributed by atoms with van der Waals surface area (Å²) in [5, 5.41) is 11.8. The molecule has 12 aromatic rings. The summed E-state index contributed by atoms with van der Waals surface area (Å²) in [6.45, 7) is 0. The zero-order valence-electron chi connectivity index (χ0n) is 28.9. The third-order valence-electron chi connectivity index (χ3n) is 11.0. The van der Waals surface area contributed by atoms with Gasteiger partial charge in [-0.2, -0.15) is 0 Å². The molecule has 3 nitrogen and oxygen atoms in total. The van der Waals surface area contributed by atoms with E-state index in [1.54, 1.807) is 0 Å². The standard InChI is InChI=1S/C50H29NO2S/c1-2-11-33-29-34(20-19-30(33)9-1)31-21-24-35(25-22-31)51(40-15-8-18-43-46(40)37-13-5-6-17-42(37)52-43)41-16-7-14-39-48-45(54-50(39)41)28-27-44-47(48)38-26-23-32-10-3-4-12-36(32)49(38)53-44/h1-29H. The number of fused-ring (bicyclic) bond motifs is 13. The van der Waals surface area contributed by atoms with Crippen molar-refractivity contribution in [3.63, 3.8) is 0 Å². The summed E-state index contributed by atoms with van der Waals surface area (Å²) >= 11 is 1.84. The first-order valence-electron chi connectivity index (χ1n) is 18.2. The molecule has 3 aromatic heterocycles. The zero-order valence-corrected chi connectivity index (χ0v) is 29.7. The van der Waals surface area contributed by atoms with Gasteiger partial charge in [-0.3, -0.25) is 0 Å². The van der Waals surface area contributed by atoms with E-state index in [9.17, 15) is 0 Å². The van der Waals surface area contributed by atoms with Crippen LogP contribution < -0.4 is 4.90 Å². The molecule has 54 heavy (non-hydrogen) atoms. The van der Waals surface area contributed by atoms with E-state index in [0.29, 0.717) is 0 Å². The van der Waals surface area contributed by atoms with Crippen LogP contribution >= 0.6 is 11.3 Å². The second kappa shape index (κ2) is 11.3. The molecule has 0 aliphatic carbocycles. The van der Waals surface area contributed by atoms with E-state index < -0.39 is 0 Å². The molecule has 0 bridgehead atoms. The molecule has 0 atom stereocenters. The maximum atomic E-state index is 6.64. The number of nitrogens with zero attached hydrogens (tertiary/aromatic N) is 1. The topological polar surface area (TPSA) is 29.5 Å². The summed E-state index contributed by atoms with van der Waals surface area (Å²) in [7, 11) is 0. The van der Waals surface area contributed by atoms with Crippen LogP contribution in [0.4, 0.5) is 17.1 Å². The SMILES string of the molecule is c1ccc2cc(-c3ccc(N(c4cccc5c4sc4ccc6oc7c8ccccc8ccc7c6c45)c4cccc5oc6ccccc6c45)cc3)ccc2c1. The van der Waals surface area contributed by atoms with Crippen LogP contribution in [0.3, 0.4) is 0 Å². The minimum absolute atomic E-state index is 0.869. The zero-order chi connectivity index (χ0) is 35.3. The van der Waals surface area contributed by atoms with Crippen LogP contribution in [0.1, 0.15) is 0 Å². The van der Waals surface area contributed by atoms with Crippen LogP contribution in [-0.4, -0.2) is 0 Å². The fourth-order valence-corrected chi connectivity index (χ4v) is 9.78. The second-order valence-electron chi connectivity index (χ2n) is 14.0. The highest BCUT2D eigenvalue weighted by Crippen LogP contribution is 2.50. The van der Waals surface area contributed by atoms with Crippen LogP contribution in [0, 0.1) is 0 Å². The first kappa shape index (κ1) is 29.7. The van der Waals surface area contributed by atoms with E-state index in [1.165, 1.54) is 52.8 Å². The van der Waals surface area contributed by atoms with Crippen molar-refractivity contribution >= 4 is 114 Å². The number of thiophene rings is 1. The van der Waals surface area contributed by atoms with E-state index in [0.717, 1.165) is 60.9 Å². The van der Waals surface area contributed by atoms with Crippen LogP contribution in [0.15, 0.2) is 185 Å². The number of rotatable bonds is 4. The third-order valence-corrected chi connectivity index (χ3v) is 12.2. The van der Waals surface area contributed by atoms with Gasteiger partial charge in [0.05, 0.1) is 21.5 Å². The molecular formula is C50H29NO2S. The van der Waals surface area contributed by atoms with E-state index in [-0.39, 0.29) is 0 Å². The quantitative estimate of drug-likeness (QED) is 0.182. The smallest absolute Gasteiger partial charge is 0.143 e. The molecule has 4 heteroatoms. The molecule has 0 radical (unpaired) electrons. The predicted molar refractivity (Wildman–Crippen MR) is 229 cm³/mol. The van der Waals surface area contributed by atoms with Crippen molar-refractivity contribution in [2.45, 2.75) is 0 Å². The molecule has 0 amide bonds. The lowest BCUT2D eigenvalue weighted by Crippen LogP contribution is -2.10. The molecule has 3 heterocycles. The van der Waals surface area contributed by atoms with Crippen molar-refractivity contribution in [3.8, 4) is 11.1 Å². The molecule has 9 aromatic carbocycles. The van der Waals surface area contributed by atoms with Gasteiger partial charge in [0.1, 0.15) is 22.3 Å². The van der Waals surface area contributed by atoms with Gasteiger partial charge in [0.15, 0.2) is 0 Å². The largest absolute Gasteiger partial charge is 0.456 e. The van der Waals surface area contributed by atoms with Crippen molar-refractivity contribution in [1.29, 1.82) is 0 Å². The minimum atomic E-state index is 0.869. The number of anilines is 3. The summed E-state index contributed by atoms with van der Waals surface area (Å²) < 4.78 is 15.5. The van der Waals surface area contributed by atoms with Crippen LogP contribution in [0.2, 0.25) is 0 Å². The molecule has 0 saturated carbocycles. The van der Waals surface area contributed by atoms with Gasteiger partial charge in [-0.1, -0.05) is 115 Å². The van der Waals surface area contributed by atoms with Gasteiger partial charge in [0.25, 0.3) is 0 Å². The summed E-state index contributed by atoms with van der Waals surface area (Å²) in [5.41, 5.74) is 9.26. The van der Waals surface area contributed by atoms with Gasteiger partial charge in [-0.05, 0) is 87.9 Å². The average molecular weight is 708 g/mol. The van der Waals surface area contributed by atoms with E-state index >= 15 is 0 Å². The summed E-state index contributed by atoms with van der Waals surface area (Å²) in [5.74, 6) is 0. The number of benzene rings is 9. The van der Waals surface area contributed by atoms with Crippen LogP contribution in [-0.2, 0) is 0 Å². The first-order valence-corrected chi connectivity index (χ1v) is 19.1. The summed E-state index contributed by atoms with van der Waals surface area (Å²) in [6.07, 6.45) is 0. The molecule has 0 spiro atoms. The Labute approximate surface area is 313 Å². The van der Waals surface area contributed by atoms with Gasteiger partial charge in [-0.25, -0.2) is 0 Å². The van der Waals surface area contributed by atoms with Gasteiger partial charge in [0.2, 0.25) is 0 Å². The Morgan fingerprint density at radius 1 is 0.389 bits per heavy atom. The molecule has 0 aliphatic rings. The number of furan rings is 2. The number of hydrogen-bond acceptors (Lipinski definition) is 4. The van der Waals surface area contributed by atoms with Crippen LogP contribution in [0.25, 0.3) is 96.7 Å². The molecule has 0 saturated heterocycles. The highest BCUT2D eigenvalue weighted by atomic mass is 32.1. The monoisotopic (exact) mass is 707 g/mol. The minimum Gasteiger partial charge on any atom is -0.456 e. The van der Waals surface area contributed by atoms with E-state index in [1.807, 2.05) is 17.4 Å². The summed E-state index contributed by atoms with van der Waals surface area (Å²) in [4.78, 5) is 2.42. The van der Waals surface area contributed by atoms with E-state index in [2.05, 4.69) is 175 Å². The third kappa shape index (κ3) is 4.29. The lowest BCUT2D eigenvalue weighted by Gasteiger charge is -2.27. The first-order chi connectivity index (χ1) is 26.8. The number of para-hydroxylation sites is 1. The number of hydrogen-bond donors (Lipinski definition) is 0. The highest BCUT2D eigenvalue weighted by Gasteiger charge is 2.24. The Hall–Kier alpha value is -6.88. The molecule has 0 fully saturated rings. The molecule has 12 rings (SSSR count). The molecular weight excluding hydrogens is 679 g/mol. The second-order valence-corrected chi connectivity index (χ2v) is 15.1. The van der Waals surface area contributed by atoms with Crippen molar-refractivity contribution in [3.05, 3.63) is 176 Å². The average Bonchev–Trinajstić information content (AvgIpc) is 3.93. The van der Waals surface area contributed by atoms with Gasteiger partial charge in [-0.15, -0.1) is 11.3 Å². The van der Waals surface area contributed by atoms with Crippen LogP contribution in [0.5, 0.6) is 0 Å². The Morgan fingerprint density at radius 2 is 1.07 bits per heavy atom. The normalized spacial score (nSPS) is 12.1. The van der Waals surface area contributed by atoms with Crippen molar-refractivity contribution in [2.24, 2.45) is 0 Å². The van der Waals surface area contributed by atoms with Gasteiger partial charge < -0.3 is 13.7 Å². The summed E-state index contributed by atoms with van der Waals surface area (Å²) in [6, 6.07) is 63.0. The van der Waals surface area contributed by atoms with Crippen molar-refractivity contribution in [2.75, 3.05) is 4.90 Å². The Morgan fingerprint density at radius 3 is 1.98 bits per heavy atom. The van der Waals surface area contributed by atoms with Gasteiger partial charge >= 0.3 is 0 Å². The van der Waals surface area contributed by atoms with E-state index in [4.69, 9.17) is 8.83 Å². The fraction of sp³-hybridized carbons (Fsp3) is 0. The van der Waals surface area contributed by atoms with Gasteiger partial charge in [0, 0.05) is 42.7 Å². The molecule has 252 valence electrons.